The second-order valence-electron chi connectivity index (χ2n) is 7.26. The van der Waals surface area contributed by atoms with Crippen molar-refractivity contribution in [2.24, 2.45) is 11.5 Å². The molecule has 0 atom stereocenters. The number of para-hydroxylation sites is 1. The number of nitrogens with zero attached hydrogens (tertiary/aromatic N) is 1. The maximum absolute atomic E-state index is 12.2. The van der Waals surface area contributed by atoms with Gasteiger partial charge in [-0.3, -0.25) is 10.1 Å². The lowest BCUT2D eigenvalue weighted by Crippen LogP contribution is -2.11. The predicted molar refractivity (Wildman–Crippen MR) is 146 cm³/mol. The Morgan fingerprint density at radius 3 is 1.97 bits per heavy atom. The number of hydrogen-bond donors (Lipinski definition) is 4. The largest absolute Gasteiger partial charge is 0.416 e. The van der Waals surface area contributed by atoms with E-state index >= 15 is 0 Å². The SMILES string of the molecule is CC.CCCNc1ccc([N+](=O)[O-])cc1Cc1ccccc1N.CN.NCc1ccccc1C(F)(F)F. The Labute approximate surface area is 217 Å². The summed E-state index contributed by atoms with van der Waals surface area (Å²) < 4.78 is 36.5. The van der Waals surface area contributed by atoms with Crippen molar-refractivity contribution in [2.75, 3.05) is 24.6 Å². The molecule has 10 heteroatoms. The second kappa shape index (κ2) is 17.7. The fourth-order valence-electron chi connectivity index (χ4n) is 3.15. The third-order valence-electron chi connectivity index (χ3n) is 4.84. The van der Waals surface area contributed by atoms with E-state index in [2.05, 4.69) is 18.0 Å². The molecule has 37 heavy (non-hydrogen) atoms. The first-order valence-electron chi connectivity index (χ1n) is 11.9. The molecule has 0 amide bonds. The van der Waals surface area contributed by atoms with Crippen molar-refractivity contribution in [3.05, 3.63) is 99.1 Å². The molecule has 204 valence electrons. The number of non-ortho nitro benzene ring substituents is 1. The molecule has 0 aromatic heterocycles. The molecule has 0 saturated heterocycles. The van der Waals surface area contributed by atoms with Crippen molar-refractivity contribution in [2.45, 2.75) is 46.3 Å². The molecule has 0 unspecified atom stereocenters. The van der Waals surface area contributed by atoms with Crippen LogP contribution >= 0.6 is 0 Å². The van der Waals surface area contributed by atoms with Gasteiger partial charge in [-0.05, 0) is 48.4 Å². The summed E-state index contributed by atoms with van der Waals surface area (Å²) in [6, 6.07) is 17.8. The predicted octanol–water partition coefficient (Wildman–Crippen LogP) is 6.35. The fraction of sp³-hybridized carbons (Fsp3) is 0.333. The van der Waals surface area contributed by atoms with Gasteiger partial charge < -0.3 is 22.5 Å². The first kappa shape index (κ1) is 33.4. The normalized spacial score (nSPS) is 9.97. The van der Waals surface area contributed by atoms with Gasteiger partial charge in [-0.2, -0.15) is 13.2 Å². The van der Waals surface area contributed by atoms with Crippen LogP contribution in [0.25, 0.3) is 0 Å². The van der Waals surface area contributed by atoms with Crippen LogP contribution in [0.1, 0.15) is 49.4 Å². The fourth-order valence-corrected chi connectivity index (χ4v) is 3.15. The molecule has 7 nitrogen and oxygen atoms in total. The summed E-state index contributed by atoms with van der Waals surface area (Å²) in [5.74, 6) is 0. The minimum Gasteiger partial charge on any atom is -0.398 e. The maximum atomic E-state index is 12.2. The van der Waals surface area contributed by atoms with Crippen LogP contribution in [0, 0.1) is 10.1 Å². The van der Waals surface area contributed by atoms with E-state index in [1.165, 1.54) is 31.3 Å². The zero-order chi connectivity index (χ0) is 28.4. The molecule has 0 saturated carbocycles. The minimum absolute atomic E-state index is 0.0876. The van der Waals surface area contributed by atoms with E-state index in [0.29, 0.717) is 12.1 Å². The van der Waals surface area contributed by atoms with Gasteiger partial charge in [-0.15, -0.1) is 0 Å². The van der Waals surface area contributed by atoms with Gasteiger partial charge in [0.25, 0.3) is 5.69 Å². The third kappa shape index (κ3) is 11.3. The lowest BCUT2D eigenvalue weighted by Gasteiger charge is -2.12. The molecule has 3 aromatic carbocycles. The maximum Gasteiger partial charge on any atom is 0.416 e. The zero-order valence-electron chi connectivity index (χ0n) is 21.8. The van der Waals surface area contributed by atoms with Crippen molar-refractivity contribution in [1.82, 2.24) is 0 Å². The highest BCUT2D eigenvalue weighted by Gasteiger charge is 2.32. The van der Waals surface area contributed by atoms with Gasteiger partial charge in [0, 0.05) is 43.0 Å². The summed E-state index contributed by atoms with van der Waals surface area (Å²) in [6.07, 6.45) is -2.74. The van der Waals surface area contributed by atoms with Crippen LogP contribution in [0.15, 0.2) is 66.7 Å². The van der Waals surface area contributed by atoms with Gasteiger partial charge in [0.05, 0.1) is 10.5 Å². The molecule has 0 aliphatic carbocycles. The molecule has 0 heterocycles. The third-order valence-corrected chi connectivity index (χ3v) is 4.84. The van der Waals surface area contributed by atoms with Crippen molar-refractivity contribution in [1.29, 1.82) is 0 Å². The summed E-state index contributed by atoms with van der Waals surface area (Å²) in [5.41, 5.74) is 18.7. The number of nitrogen functional groups attached to an aromatic ring is 1. The highest BCUT2D eigenvalue weighted by molar-refractivity contribution is 5.59. The first-order chi connectivity index (χ1) is 17.7. The number of alkyl halides is 3. The average molecular weight is 522 g/mol. The van der Waals surface area contributed by atoms with Gasteiger partial charge in [-0.1, -0.05) is 57.2 Å². The number of nitrogens with one attached hydrogen (secondary N) is 1. The summed E-state index contributed by atoms with van der Waals surface area (Å²) in [7, 11) is 1.50. The molecule has 3 aromatic rings. The van der Waals surface area contributed by atoms with Crippen molar-refractivity contribution in [3.63, 3.8) is 0 Å². The number of rotatable bonds is 7. The van der Waals surface area contributed by atoms with E-state index in [1.54, 1.807) is 12.1 Å². The Kier molecular flexibility index (Phi) is 16.0. The standard InChI is InChI=1S/C16H19N3O2.C8H8F3N.C2H6.CH5N/c1-2-9-18-16-8-7-14(19(20)21)11-13(16)10-12-5-3-4-6-15(12)17;9-8(10,11)7-4-2-1-3-6(7)5-12;2*1-2/h3-8,11,18H,2,9-10,17H2,1H3;1-4H,5,12H2;1-2H3;2H2,1H3. The van der Waals surface area contributed by atoms with Gasteiger partial charge in [-0.25, -0.2) is 0 Å². The number of nitrogens with two attached hydrogens (primary N) is 3. The highest BCUT2D eigenvalue weighted by Crippen LogP contribution is 2.31. The number of halogens is 3. The van der Waals surface area contributed by atoms with Gasteiger partial charge in [0.15, 0.2) is 0 Å². The molecule has 0 spiro atoms. The van der Waals surface area contributed by atoms with Gasteiger partial charge in [0.2, 0.25) is 0 Å². The number of nitro groups is 1. The molecule has 0 fully saturated rings. The molecule has 0 radical (unpaired) electrons. The smallest absolute Gasteiger partial charge is 0.398 e. The molecule has 3 rings (SSSR count). The summed E-state index contributed by atoms with van der Waals surface area (Å²) >= 11 is 0. The van der Waals surface area contributed by atoms with Crippen molar-refractivity contribution < 1.29 is 18.1 Å². The lowest BCUT2D eigenvalue weighted by molar-refractivity contribution is -0.384. The Bertz CT molecular complexity index is 1080. The van der Waals surface area contributed by atoms with Gasteiger partial charge in [0.1, 0.15) is 0 Å². The monoisotopic (exact) mass is 521 g/mol. The molecule has 7 N–H and O–H groups in total. The van der Waals surface area contributed by atoms with Crippen LogP contribution in [0.3, 0.4) is 0 Å². The van der Waals surface area contributed by atoms with Crippen LogP contribution < -0.4 is 22.5 Å². The Morgan fingerprint density at radius 1 is 0.919 bits per heavy atom. The van der Waals surface area contributed by atoms with Crippen LogP contribution in [0.2, 0.25) is 0 Å². The van der Waals surface area contributed by atoms with Crippen LogP contribution in [-0.4, -0.2) is 18.5 Å². The Balaban J connectivity index is 0.000000688. The van der Waals surface area contributed by atoms with Crippen LogP contribution in [-0.2, 0) is 19.1 Å². The zero-order valence-corrected chi connectivity index (χ0v) is 21.8. The van der Waals surface area contributed by atoms with Crippen LogP contribution in [0.5, 0.6) is 0 Å². The molecule has 0 aliphatic heterocycles. The topological polar surface area (TPSA) is 133 Å². The van der Waals surface area contributed by atoms with Crippen molar-refractivity contribution in [3.8, 4) is 0 Å². The number of hydrogen-bond acceptors (Lipinski definition) is 6. The molecular formula is C27H38F3N5O2. The lowest BCUT2D eigenvalue weighted by atomic mass is 10.0. The van der Waals surface area contributed by atoms with E-state index in [1.807, 2.05) is 38.1 Å². The first-order valence-corrected chi connectivity index (χ1v) is 11.9. The minimum atomic E-state index is -4.30. The van der Waals surface area contributed by atoms with Gasteiger partial charge >= 0.3 is 6.18 Å². The summed E-state index contributed by atoms with van der Waals surface area (Å²) in [6.45, 7) is 6.82. The number of benzene rings is 3. The molecule has 0 bridgehead atoms. The molecular weight excluding hydrogens is 483 g/mol. The Morgan fingerprint density at radius 2 is 1.49 bits per heavy atom. The molecule has 0 aliphatic rings. The van der Waals surface area contributed by atoms with Crippen LogP contribution in [0.4, 0.5) is 30.2 Å². The van der Waals surface area contributed by atoms with E-state index in [4.69, 9.17) is 11.5 Å². The van der Waals surface area contributed by atoms with E-state index in [0.717, 1.165) is 35.8 Å². The quantitative estimate of drug-likeness (QED) is 0.163. The van der Waals surface area contributed by atoms with E-state index in [-0.39, 0.29) is 22.7 Å². The van der Waals surface area contributed by atoms with Crippen molar-refractivity contribution >= 4 is 17.1 Å². The van der Waals surface area contributed by atoms with E-state index < -0.39 is 11.7 Å². The Hall–Kier alpha value is -3.63. The average Bonchev–Trinajstić information content (AvgIpc) is 2.91. The number of anilines is 2. The second-order valence-corrected chi connectivity index (χ2v) is 7.26. The van der Waals surface area contributed by atoms with E-state index in [9.17, 15) is 23.3 Å². The summed E-state index contributed by atoms with van der Waals surface area (Å²) in [4.78, 5) is 10.6. The number of nitro benzene ring substituents is 1. The highest BCUT2D eigenvalue weighted by atomic mass is 19.4. The summed E-state index contributed by atoms with van der Waals surface area (Å²) in [5, 5.41) is 14.3.